The Hall–Kier alpha value is -4.16. The summed E-state index contributed by atoms with van der Waals surface area (Å²) in [6.07, 6.45) is 1.04. The maximum absolute atomic E-state index is 14.7. The van der Waals surface area contributed by atoms with Gasteiger partial charge in [-0.3, -0.25) is 4.90 Å². The Kier molecular flexibility index (Phi) is 9.92. The summed E-state index contributed by atoms with van der Waals surface area (Å²) in [7, 11) is 5.16. The zero-order chi connectivity index (χ0) is 28.5. The van der Waals surface area contributed by atoms with E-state index in [1.807, 2.05) is 0 Å². The number of carbonyl (C=O) groups is 1. The average Bonchev–Trinajstić information content (AvgIpc) is 2.95. The molecule has 2 N–H and O–H groups in total. The Morgan fingerprint density at radius 1 is 1.07 bits per heavy atom. The second kappa shape index (κ2) is 13.8. The fourth-order valence-corrected chi connectivity index (χ4v) is 4.31. The second-order valence-corrected chi connectivity index (χ2v) is 9.45. The van der Waals surface area contributed by atoms with Crippen LogP contribution in [0.15, 0.2) is 48.7 Å². The van der Waals surface area contributed by atoms with Gasteiger partial charge in [-0.1, -0.05) is 0 Å². The molecule has 1 aliphatic rings. The smallest absolute Gasteiger partial charge is 0.413 e. The van der Waals surface area contributed by atoms with Gasteiger partial charge in [0.2, 0.25) is 5.95 Å². The molecular formula is C28H35FN6O5. The molecular weight excluding hydrogens is 519 g/mol. The predicted octanol–water partition coefficient (Wildman–Crippen LogP) is 4.08. The van der Waals surface area contributed by atoms with E-state index >= 15 is 0 Å². The zero-order valence-electron chi connectivity index (χ0n) is 23.0. The van der Waals surface area contributed by atoms with Gasteiger partial charge in [0, 0.05) is 56.7 Å². The van der Waals surface area contributed by atoms with Crippen LogP contribution in [0.25, 0.3) is 0 Å². The molecule has 2 heterocycles. The molecule has 40 heavy (non-hydrogen) atoms. The van der Waals surface area contributed by atoms with Crippen LogP contribution in [-0.2, 0) is 6.54 Å². The van der Waals surface area contributed by atoms with E-state index in [2.05, 4.69) is 32.1 Å². The highest BCUT2D eigenvalue weighted by Gasteiger charge is 2.19. The molecule has 0 radical (unpaired) electrons. The minimum absolute atomic E-state index is 0.00514. The molecule has 3 aromatic rings. The molecule has 214 valence electrons. The molecule has 11 nitrogen and oxygen atoms in total. The number of halogens is 1. The van der Waals surface area contributed by atoms with E-state index < -0.39 is 11.9 Å². The van der Waals surface area contributed by atoms with E-state index in [0.29, 0.717) is 29.4 Å². The van der Waals surface area contributed by atoms with Crippen LogP contribution in [0, 0.1) is 5.82 Å². The molecule has 0 spiro atoms. The van der Waals surface area contributed by atoms with Crippen LogP contribution in [-0.4, -0.2) is 91.6 Å². The summed E-state index contributed by atoms with van der Waals surface area (Å²) in [5, 5.41) is 12.8. The lowest BCUT2D eigenvalue weighted by molar-refractivity contribution is 0.145. The fourth-order valence-electron chi connectivity index (χ4n) is 4.31. The molecule has 12 heteroatoms. The van der Waals surface area contributed by atoms with Crippen LogP contribution in [0.1, 0.15) is 12.0 Å². The van der Waals surface area contributed by atoms with Gasteiger partial charge in [-0.2, -0.15) is 4.98 Å². The number of amides is 1. The van der Waals surface area contributed by atoms with E-state index in [9.17, 15) is 14.3 Å². The minimum atomic E-state index is -1.20. The third kappa shape index (κ3) is 7.93. The number of aromatic nitrogens is 2. The van der Waals surface area contributed by atoms with E-state index in [1.54, 1.807) is 30.3 Å². The van der Waals surface area contributed by atoms with E-state index in [4.69, 9.17) is 14.2 Å². The first-order chi connectivity index (χ1) is 19.3. The van der Waals surface area contributed by atoms with Crippen molar-refractivity contribution in [2.45, 2.75) is 13.0 Å². The largest absolute Gasteiger partial charge is 0.497 e. The predicted molar refractivity (Wildman–Crippen MR) is 150 cm³/mol. The van der Waals surface area contributed by atoms with Crippen molar-refractivity contribution < 1.29 is 28.5 Å². The van der Waals surface area contributed by atoms with Crippen LogP contribution in [0.4, 0.5) is 26.6 Å². The first-order valence-corrected chi connectivity index (χ1v) is 13.0. The minimum Gasteiger partial charge on any atom is -0.497 e. The topological polar surface area (TPSA) is 113 Å². The molecule has 1 amide bonds. The molecule has 1 fully saturated rings. The summed E-state index contributed by atoms with van der Waals surface area (Å²) < 4.78 is 30.9. The van der Waals surface area contributed by atoms with Crippen molar-refractivity contribution in [3.8, 4) is 17.2 Å². The van der Waals surface area contributed by atoms with Crippen molar-refractivity contribution in [2.75, 3.05) is 70.8 Å². The lowest BCUT2D eigenvalue weighted by atomic mass is 10.2. The highest BCUT2D eigenvalue weighted by atomic mass is 19.1. The van der Waals surface area contributed by atoms with Crippen molar-refractivity contribution in [1.29, 1.82) is 0 Å². The number of likely N-dealkylation sites (N-methyl/N-ethyl adjacent to an activating group) is 1. The van der Waals surface area contributed by atoms with E-state index in [0.717, 1.165) is 44.0 Å². The van der Waals surface area contributed by atoms with Crippen LogP contribution in [0.5, 0.6) is 17.2 Å². The SMILES string of the molecule is COc1cc(CN(C(=O)O)c2ccnc(Nc3ccc(OCCCN4CCN(C)CC4)c(F)c3)n2)cc(OC)c1. The standard InChI is InChI=1S/C28H35FN6O5/c1-33-10-12-34(13-11-33)9-4-14-40-25-6-5-21(17-24(25)29)31-27-30-8-7-26(32-27)35(28(36)37)19-20-15-22(38-2)18-23(16-20)39-3/h5-8,15-18H,4,9-14,19H2,1-3H3,(H,36,37)(H,30,31,32). The molecule has 0 bridgehead atoms. The molecule has 1 aliphatic heterocycles. The number of rotatable bonds is 12. The van der Waals surface area contributed by atoms with Crippen molar-refractivity contribution >= 4 is 23.5 Å². The average molecular weight is 555 g/mol. The number of methoxy groups -OCH3 is 2. The number of anilines is 3. The zero-order valence-corrected chi connectivity index (χ0v) is 23.0. The molecule has 0 aliphatic carbocycles. The van der Waals surface area contributed by atoms with Crippen molar-refractivity contribution in [3.63, 3.8) is 0 Å². The maximum Gasteiger partial charge on any atom is 0.413 e. The summed E-state index contributed by atoms with van der Waals surface area (Å²) >= 11 is 0. The monoisotopic (exact) mass is 554 g/mol. The number of hydrogen-bond acceptors (Lipinski definition) is 9. The third-order valence-corrected chi connectivity index (χ3v) is 6.56. The summed E-state index contributed by atoms with van der Waals surface area (Å²) in [4.78, 5) is 26.3. The lowest BCUT2D eigenvalue weighted by Crippen LogP contribution is -2.44. The summed E-state index contributed by atoms with van der Waals surface area (Å²) in [5.74, 6) is 0.993. The highest BCUT2D eigenvalue weighted by Crippen LogP contribution is 2.26. The maximum atomic E-state index is 14.7. The van der Waals surface area contributed by atoms with Crippen LogP contribution in [0.3, 0.4) is 0 Å². The van der Waals surface area contributed by atoms with Crippen LogP contribution < -0.4 is 24.4 Å². The summed E-state index contributed by atoms with van der Waals surface area (Å²) in [6.45, 7) is 5.52. The van der Waals surface area contributed by atoms with Crippen molar-refractivity contribution in [2.24, 2.45) is 0 Å². The number of benzene rings is 2. The van der Waals surface area contributed by atoms with Crippen molar-refractivity contribution in [1.82, 2.24) is 19.8 Å². The molecule has 0 atom stereocenters. The summed E-state index contributed by atoms with van der Waals surface area (Å²) in [5.41, 5.74) is 1.05. The van der Waals surface area contributed by atoms with Crippen LogP contribution in [0.2, 0.25) is 0 Å². The molecule has 2 aromatic carbocycles. The van der Waals surface area contributed by atoms with Gasteiger partial charge < -0.3 is 34.4 Å². The number of nitrogens with one attached hydrogen (secondary N) is 1. The van der Waals surface area contributed by atoms with Gasteiger partial charge in [0.1, 0.15) is 17.3 Å². The number of nitrogens with zero attached hydrogens (tertiary/aromatic N) is 5. The Balaban J connectivity index is 1.37. The van der Waals surface area contributed by atoms with Gasteiger partial charge >= 0.3 is 6.09 Å². The van der Waals surface area contributed by atoms with Gasteiger partial charge in [0.05, 0.1) is 27.4 Å². The molecule has 1 aromatic heterocycles. The Morgan fingerprint density at radius 2 is 1.80 bits per heavy atom. The van der Waals surface area contributed by atoms with Gasteiger partial charge in [-0.05, 0) is 49.4 Å². The molecule has 0 saturated carbocycles. The van der Waals surface area contributed by atoms with Gasteiger partial charge in [0.15, 0.2) is 11.6 Å². The highest BCUT2D eigenvalue weighted by molar-refractivity contribution is 5.84. The molecule has 4 rings (SSSR count). The Labute approximate surface area is 233 Å². The Bertz CT molecular complexity index is 1270. The summed E-state index contributed by atoms with van der Waals surface area (Å²) in [6, 6.07) is 11.1. The first-order valence-electron chi connectivity index (χ1n) is 13.0. The van der Waals surface area contributed by atoms with Gasteiger partial charge in [0.25, 0.3) is 0 Å². The molecule has 0 unspecified atom stereocenters. The fraction of sp³-hybridized carbons (Fsp3) is 0.393. The van der Waals surface area contributed by atoms with E-state index in [-0.39, 0.29) is 24.1 Å². The third-order valence-electron chi connectivity index (χ3n) is 6.56. The van der Waals surface area contributed by atoms with Crippen LogP contribution >= 0.6 is 0 Å². The number of carboxylic acid groups (broad SMARTS) is 1. The number of piperazine rings is 1. The Morgan fingerprint density at radius 3 is 2.45 bits per heavy atom. The van der Waals surface area contributed by atoms with E-state index in [1.165, 1.54) is 32.5 Å². The quantitative estimate of drug-likeness (QED) is 0.318. The molecule has 1 saturated heterocycles. The van der Waals surface area contributed by atoms with Gasteiger partial charge in [-0.15, -0.1) is 0 Å². The normalized spacial score (nSPS) is 14.0. The number of ether oxygens (including phenoxy) is 3. The van der Waals surface area contributed by atoms with Crippen molar-refractivity contribution in [3.05, 3.63) is 60.0 Å². The second-order valence-electron chi connectivity index (χ2n) is 9.45. The first kappa shape index (κ1) is 28.8. The lowest BCUT2D eigenvalue weighted by Gasteiger charge is -2.32. The number of hydrogen-bond donors (Lipinski definition) is 2. The van der Waals surface area contributed by atoms with Gasteiger partial charge in [-0.25, -0.2) is 14.2 Å².